The molecule has 0 radical (unpaired) electrons. The smallest absolute Gasteiger partial charge is 0.255 e. The Bertz CT molecular complexity index is 692. The predicted molar refractivity (Wildman–Crippen MR) is 95.8 cm³/mol. The highest BCUT2D eigenvalue weighted by atomic mass is 35.5. The number of halogens is 2. The van der Waals surface area contributed by atoms with E-state index in [0.717, 1.165) is 11.3 Å². The summed E-state index contributed by atoms with van der Waals surface area (Å²) in [5.74, 6) is -0.0711. The van der Waals surface area contributed by atoms with Crippen molar-refractivity contribution in [1.82, 2.24) is 0 Å². The lowest BCUT2D eigenvalue weighted by Gasteiger charge is -2.12. The van der Waals surface area contributed by atoms with Gasteiger partial charge >= 0.3 is 0 Å². The molecular weight excluding hydrogens is 335 g/mol. The fourth-order valence-electron chi connectivity index (χ4n) is 1.98. The average Bonchev–Trinajstić information content (AvgIpc) is 2.56. The molecule has 0 aliphatic carbocycles. The van der Waals surface area contributed by atoms with E-state index in [2.05, 4.69) is 10.6 Å². The minimum absolute atomic E-state index is 0.154. The van der Waals surface area contributed by atoms with Crippen LogP contribution in [0.15, 0.2) is 42.5 Å². The van der Waals surface area contributed by atoms with E-state index in [1.807, 2.05) is 19.1 Å². The molecule has 0 spiro atoms. The normalized spacial score (nSPS) is 11.8. The van der Waals surface area contributed by atoms with Gasteiger partial charge < -0.3 is 15.7 Å². The van der Waals surface area contributed by atoms with Crippen LogP contribution in [0.1, 0.15) is 15.9 Å². The van der Waals surface area contributed by atoms with Gasteiger partial charge in [0.05, 0.1) is 12.0 Å². The molecule has 0 aromatic heterocycles. The van der Waals surface area contributed by atoms with E-state index in [1.165, 1.54) is 0 Å². The number of anilines is 2. The van der Waals surface area contributed by atoms with Crippen molar-refractivity contribution in [3.8, 4) is 0 Å². The minimum Gasteiger partial charge on any atom is -0.390 e. The third kappa shape index (κ3) is 5.13. The van der Waals surface area contributed by atoms with Crippen molar-refractivity contribution < 1.29 is 9.90 Å². The number of alkyl halides is 1. The van der Waals surface area contributed by atoms with E-state index < -0.39 is 6.10 Å². The van der Waals surface area contributed by atoms with Crippen LogP contribution in [0.2, 0.25) is 5.02 Å². The van der Waals surface area contributed by atoms with Gasteiger partial charge in [-0.3, -0.25) is 4.79 Å². The number of carbonyl (C=O) groups excluding carboxylic acids is 1. The van der Waals surface area contributed by atoms with E-state index in [9.17, 15) is 9.90 Å². The summed E-state index contributed by atoms with van der Waals surface area (Å²) in [4.78, 5) is 12.4. The maximum atomic E-state index is 12.4. The molecule has 0 aliphatic rings. The van der Waals surface area contributed by atoms with Crippen molar-refractivity contribution in [2.75, 3.05) is 23.1 Å². The molecule has 0 fully saturated rings. The summed E-state index contributed by atoms with van der Waals surface area (Å²) in [7, 11) is 0. The van der Waals surface area contributed by atoms with Gasteiger partial charge in [-0.05, 0) is 42.8 Å². The zero-order valence-corrected chi connectivity index (χ0v) is 14.2. The maximum absolute atomic E-state index is 12.4. The van der Waals surface area contributed by atoms with Gasteiger partial charge in [-0.1, -0.05) is 23.7 Å². The number of hydrogen-bond donors (Lipinski definition) is 3. The first kappa shape index (κ1) is 17.6. The van der Waals surface area contributed by atoms with Crippen LogP contribution in [-0.4, -0.2) is 29.5 Å². The quantitative estimate of drug-likeness (QED) is 0.690. The SMILES string of the molecule is Cc1ccc(Cl)cc1NC(=O)c1cccc(NCC(O)CCl)c1. The van der Waals surface area contributed by atoms with Crippen LogP contribution in [-0.2, 0) is 0 Å². The number of aryl methyl sites for hydroxylation is 1. The fraction of sp³-hybridized carbons (Fsp3) is 0.235. The molecule has 1 unspecified atom stereocenters. The average molecular weight is 353 g/mol. The summed E-state index contributed by atoms with van der Waals surface area (Å²) in [5.41, 5.74) is 2.86. The van der Waals surface area contributed by atoms with Gasteiger partial charge in [0.25, 0.3) is 5.91 Å². The second-order valence-electron chi connectivity index (χ2n) is 5.18. The number of aliphatic hydroxyl groups is 1. The zero-order chi connectivity index (χ0) is 16.8. The lowest BCUT2D eigenvalue weighted by molar-refractivity contribution is 0.102. The maximum Gasteiger partial charge on any atom is 0.255 e. The van der Waals surface area contributed by atoms with Crippen LogP contribution in [0.4, 0.5) is 11.4 Å². The van der Waals surface area contributed by atoms with Crippen LogP contribution in [0.5, 0.6) is 0 Å². The van der Waals surface area contributed by atoms with Gasteiger partial charge in [0.15, 0.2) is 0 Å². The summed E-state index contributed by atoms with van der Waals surface area (Å²) in [6.45, 7) is 2.22. The summed E-state index contributed by atoms with van der Waals surface area (Å²) in [6.07, 6.45) is -0.636. The fourth-order valence-corrected chi connectivity index (χ4v) is 2.27. The Hall–Kier alpha value is -1.75. The molecule has 0 heterocycles. The Morgan fingerprint density at radius 1 is 1.26 bits per heavy atom. The van der Waals surface area contributed by atoms with Crippen LogP contribution in [0, 0.1) is 6.92 Å². The molecule has 0 aliphatic heterocycles. The third-order valence-electron chi connectivity index (χ3n) is 3.29. The van der Waals surface area contributed by atoms with Crippen LogP contribution >= 0.6 is 23.2 Å². The third-order valence-corrected chi connectivity index (χ3v) is 3.88. The van der Waals surface area contributed by atoms with E-state index in [0.29, 0.717) is 22.8 Å². The molecule has 23 heavy (non-hydrogen) atoms. The first-order valence-electron chi connectivity index (χ1n) is 7.15. The van der Waals surface area contributed by atoms with E-state index >= 15 is 0 Å². The Kier molecular flexibility index (Phi) is 6.28. The summed E-state index contributed by atoms with van der Waals surface area (Å²) >= 11 is 11.5. The molecule has 0 saturated carbocycles. The lowest BCUT2D eigenvalue weighted by atomic mass is 10.1. The van der Waals surface area contributed by atoms with Gasteiger partial charge in [-0.2, -0.15) is 0 Å². The van der Waals surface area contributed by atoms with Gasteiger partial charge in [0, 0.05) is 28.5 Å². The monoisotopic (exact) mass is 352 g/mol. The summed E-state index contributed by atoms with van der Waals surface area (Å²) < 4.78 is 0. The highest BCUT2D eigenvalue weighted by Gasteiger charge is 2.09. The number of carbonyl (C=O) groups is 1. The Labute approximate surface area is 145 Å². The molecule has 1 amide bonds. The van der Waals surface area contributed by atoms with Crippen LogP contribution < -0.4 is 10.6 Å². The van der Waals surface area contributed by atoms with E-state index in [1.54, 1.807) is 30.3 Å². The number of aliphatic hydroxyl groups excluding tert-OH is 1. The predicted octanol–water partition coefficient (Wildman–Crippen LogP) is 3.91. The highest BCUT2D eigenvalue weighted by molar-refractivity contribution is 6.31. The molecule has 2 aromatic carbocycles. The van der Waals surface area contributed by atoms with Gasteiger partial charge in [0.2, 0.25) is 0 Å². The van der Waals surface area contributed by atoms with Crippen molar-refractivity contribution >= 4 is 40.5 Å². The number of amides is 1. The van der Waals surface area contributed by atoms with E-state index in [-0.39, 0.29) is 11.8 Å². The van der Waals surface area contributed by atoms with Gasteiger partial charge in [0.1, 0.15) is 0 Å². The summed E-state index contributed by atoms with van der Waals surface area (Å²) in [6, 6.07) is 12.4. The topological polar surface area (TPSA) is 61.4 Å². The second-order valence-corrected chi connectivity index (χ2v) is 5.93. The largest absolute Gasteiger partial charge is 0.390 e. The first-order chi connectivity index (χ1) is 11.0. The molecule has 6 heteroatoms. The van der Waals surface area contributed by atoms with Crippen molar-refractivity contribution in [3.05, 3.63) is 58.6 Å². The molecular formula is C17H18Cl2N2O2. The number of rotatable bonds is 6. The van der Waals surface area contributed by atoms with Crippen LogP contribution in [0.3, 0.4) is 0 Å². The number of benzene rings is 2. The summed E-state index contributed by atoms with van der Waals surface area (Å²) in [5, 5.41) is 15.9. The van der Waals surface area contributed by atoms with Crippen molar-refractivity contribution in [2.24, 2.45) is 0 Å². The number of hydrogen-bond acceptors (Lipinski definition) is 3. The van der Waals surface area contributed by atoms with Crippen molar-refractivity contribution in [3.63, 3.8) is 0 Å². The molecule has 2 rings (SSSR count). The highest BCUT2D eigenvalue weighted by Crippen LogP contribution is 2.21. The van der Waals surface area contributed by atoms with Crippen LogP contribution in [0.25, 0.3) is 0 Å². The first-order valence-corrected chi connectivity index (χ1v) is 8.06. The molecule has 0 saturated heterocycles. The van der Waals surface area contributed by atoms with Crippen molar-refractivity contribution in [1.29, 1.82) is 0 Å². The Morgan fingerprint density at radius 2 is 2.04 bits per heavy atom. The molecule has 122 valence electrons. The molecule has 1 atom stereocenters. The van der Waals surface area contributed by atoms with Crippen molar-refractivity contribution in [2.45, 2.75) is 13.0 Å². The Morgan fingerprint density at radius 3 is 2.78 bits per heavy atom. The van der Waals surface area contributed by atoms with E-state index in [4.69, 9.17) is 23.2 Å². The second kappa shape index (κ2) is 8.20. The molecule has 0 bridgehead atoms. The molecule has 4 nitrogen and oxygen atoms in total. The minimum atomic E-state index is -0.636. The standard InChI is InChI=1S/C17H18Cl2N2O2/c1-11-5-6-13(19)8-16(11)21-17(23)12-3-2-4-14(7-12)20-10-15(22)9-18/h2-8,15,20,22H,9-10H2,1H3,(H,21,23). The van der Waals surface area contributed by atoms with Gasteiger partial charge in [-0.15, -0.1) is 11.6 Å². The lowest BCUT2D eigenvalue weighted by Crippen LogP contribution is -2.21. The Balaban J connectivity index is 2.09. The number of nitrogens with one attached hydrogen (secondary N) is 2. The van der Waals surface area contributed by atoms with Gasteiger partial charge in [-0.25, -0.2) is 0 Å². The molecule has 2 aromatic rings. The molecule has 3 N–H and O–H groups in total. The zero-order valence-electron chi connectivity index (χ0n) is 12.6.